The van der Waals surface area contributed by atoms with Gasteiger partial charge in [-0.25, -0.2) is 0 Å². The van der Waals surface area contributed by atoms with Crippen LogP contribution in [0.5, 0.6) is 0 Å². The van der Waals surface area contributed by atoms with Crippen molar-refractivity contribution in [2.45, 2.75) is 63.1 Å². The summed E-state index contributed by atoms with van der Waals surface area (Å²) in [6.07, 6.45) is 10.1. The summed E-state index contributed by atoms with van der Waals surface area (Å²) in [6, 6.07) is 16.9. The highest BCUT2D eigenvalue weighted by molar-refractivity contribution is 6.02. The summed E-state index contributed by atoms with van der Waals surface area (Å²) in [6.45, 7) is 2.43. The van der Waals surface area contributed by atoms with Gasteiger partial charge < -0.3 is 10.2 Å². The molecule has 1 unspecified atom stereocenters. The minimum absolute atomic E-state index is 0.0158. The number of nitrogens with one attached hydrogen (secondary N) is 1. The van der Waals surface area contributed by atoms with Gasteiger partial charge in [-0.1, -0.05) is 67.4 Å². The van der Waals surface area contributed by atoms with Crippen molar-refractivity contribution in [3.8, 4) is 0 Å². The van der Waals surface area contributed by atoms with Gasteiger partial charge in [0.15, 0.2) is 0 Å². The first kappa shape index (κ1) is 23.4. The maximum Gasteiger partial charge on any atom is 0.254 e. The van der Waals surface area contributed by atoms with Crippen LogP contribution in [-0.2, 0) is 11.2 Å². The number of carbonyl (C=O) groups excluding carboxylic acids is 2. The molecular formula is C29H33N3O3. The van der Waals surface area contributed by atoms with Gasteiger partial charge in [0.25, 0.3) is 5.91 Å². The maximum absolute atomic E-state index is 13.9. The van der Waals surface area contributed by atoms with Crippen LogP contribution in [0.15, 0.2) is 78.5 Å². The van der Waals surface area contributed by atoms with Crippen molar-refractivity contribution in [1.82, 2.24) is 15.3 Å². The molecule has 6 nitrogen and oxygen atoms in total. The summed E-state index contributed by atoms with van der Waals surface area (Å²) < 4.78 is 0. The Morgan fingerprint density at radius 2 is 1.77 bits per heavy atom. The molecule has 3 aliphatic rings. The fourth-order valence-corrected chi connectivity index (χ4v) is 5.87. The lowest BCUT2D eigenvalue weighted by Crippen LogP contribution is -2.58. The molecule has 2 aliphatic heterocycles. The molecule has 0 aromatic heterocycles. The maximum atomic E-state index is 13.9. The number of benzene rings is 2. The van der Waals surface area contributed by atoms with Crippen molar-refractivity contribution in [3.05, 3.63) is 95.2 Å². The van der Waals surface area contributed by atoms with Gasteiger partial charge in [0.2, 0.25) is 5.91 Å². The number of carbonyl (C=O) groups is 2. The van der Waals surface area contributed by atoms with E-state index in [1.54, 1.807) is 12.3 Å². The van der Waals surface area contributed by atoms with Gasteiger partial charge in [-0.3, -0.25) is 19.9 Å². The Morgan fingerprint density at radius 3 is 2.54 bits per heavy atom. The van der Waals surface area contributed by atoms with Gasteiger partial charge in [-0.05, 0) is 55.0 Å². The highest BCUT2D eigenvalue weighted by Crippen LogP contribution is 2.42. The molecule has 5 rings (SSSR count). The van der Waals surface area contributed by atoms with E-state index in [9.17, 15) is 14.8 Å². The number of amides is 2. The minimum atomic E-state index is -0.547. The summed E-state index contributed by atoms with van der Waals surface area (Å²) in [7, 11) is 0. The van der Waals surface area contributed by atoms with Crippen LogP contribution >= 0.6 is 0 Å². The van der Waals surface area contributed by atoms with Gasteiger partial charge in [0.1, 0.15) is 0 Å². The van der Waals surface area contributed by atoms with Gasteiger partial charge in [-0.2, -0.15) is 0 Å². The van der Waals surface area contributed by atoms with Gasteiger partial charge in [-0.15, -0.1) is 0 Å². The third-order valence-corrected chi connectivity index (χ3v) is 7.68. The first-order valence-corrected chi connectivity index (χ1v) is 12.6. The van der Waals surface area contributed by atoms with Crippen molar-refractivity contribution < 1.29 is 14.8 Å². The molecule has 0 spiro atoms. The number of fused-ring (bicyclic) bond motifs is 1. The van der Waals surface area contributed by atoms with Crippen molar-refractivity contribution >= 4 is 11.8 Å². The lowest BCUT2D eigenvalue weighted by molar-refractivity contribution is -0.124. The van der Waals surface area contributed by atoms with Crippen LogP contribution in [0.1, 0.15) is 60.0 Å². The Labute approximate surface area is 206 Å². The molecule has 2 N–H and O–H groups in total. The van der Waals surface area contributed by atoms with Crippen molar-refractivity contribution in [2.75, 3.05) is 6.54 Å². The molecule has 2 heterocycles. The molecule has 2 amide bonds. The highest BCUT2D eigenvalue weighted by atomic mass is 16.5. The van der Waals surface area contributed by atoms with E-state index in [1.165, 1.54) is 5.56 Å². The van der Waals surface area contributed by atoms with Crippen LogP contribution in [0.2, 0.25) is 0 Å². The van der Waals surface area contributed by atoms with Crippen LogP contribution < -0.4 is 5.32 Å². The molecule has 3 atom stereocenters. The molecule has 0 radical (unpaired) electrons. The van der Waals surface area contributed by atoms with E-state index in [0.717, 1.165) is 48.3 Å². The second kappa shape index (κ2) is 10.1. The van der Waals surface area contributed by atoms with E-state index in [1.807, 2.05) is 60.4 Å². The summed E-state index contributed by atoms with van der Waals surface area (Å²) in [5.41, 5.74) is 3.43. The molecular weight excluding hydrogens is 438 g/mol. The number of allylic oxidation sites excluding steroid dienone is 2. The Hall–Kier alpha value is -3.38. The molecule has 1 fully saturated rings. The number of nitrogens with zero attached hydrogens (tertiary/aromatic N) is 2. The summed E-state index contributed by atoms with van der Waals surface area (Å²) in [5, 5.41) is 14.8. The molecule has 182 valence electrons. The Morgan fingerprint density at radius 1 is 1.06 bits per heavy atom. The average Bonchev–Trinajstić information content (AvgIpc) is 3.41. The Balaban J connectivity index is 1.53. The first-order chi connectivity index (χ1) is 17.1. The number of hydroxylamine groups is 2. The van der Waals surface area contributed by atoms with E-state index in [2.05, 4.69) is 17.4 Å². The normalized spacial score (nSPS) is 24.3. The van der Waals surface area contributed by atoms with Crippen LogP contribution in [0.3, 0.4) is 0 Å². The fourth-order valence-electron chi connectivity index (χ4n) is 5.87. The predicted octanol–water partition coefficient (Wildman–Crippen LogP) is 4.43. The number of rotatable bonds is 6. The van der Waals surface area contributed by atoms with Crippen LogP contribution in [0, 0.1) is 0 Å². The SMILES string of the molecule is CC1C([C@H]2[C@H](C(=O)NCCc3ccccc3)c3ccccc3C(=O)N2C2CCCC2)=CC=CN1O. The standard InChI is InChI=1S/C29H33N3O3/c1-20-23(16-9-19-31(20)35)27-26(28(33)30-18-17-21-10-3-2-4-11-21)24-14-7-8-15-25(24)29(34)32(27)22-12-5-6-13-22/h2-4,7-11,14-16,19-20,22,26-27,35H,5-6,12-13,17-18H2,1H3,(H,30,33)/t20?,26-,27+/m1/s1. The van der Waals surface area contributed by atoms with Crippen molar-refractivity contribution in [1.29, 1.82) is 0 Å². The van der Waals surface area contributed by atoms with Crippen molar-refractivity contribution in [3.63, 3.8) is 0 Å². The Kier molecular flexibility index (Phi) is 6.73. The number of hydrogen-bond donors (Lipinski definition) is 2. The fraction of sp³-hybridized carbons (Fsp3) is 0.379. The third-order valence-electron chi connectivity index (χ3n) is 7.68. The molecule has 1 saturated carbocycles. The highest BCUT2D eigenvalue weighted by Gasteiger charge is 2.49. The van der Waals surface area contributed by atoms with E-state index in [0.29, 0.717) is 12.1 Å². The lowest BCUT2D eigenvalue weighted by atomic mass is 9.76. The van der Waals surface area contributed by atoms with Gasteiger partial charge in [0.05, 0.1) is 18.0 Å². The van der Waals surface area contributed by atoms with E-state index >= 15 is 0 Å². The Bertz CT molecular complexity index is 1140. The molecule has 2 aromatic carbocycles. The predicted molar refractivity (Wildman–Crippen MR) is 135 cm³/mol. The quantitative estimate of drug-likeness (QED) is 0.654. The first-order valence-electron chi connectivity index (χ1n) is 12.6. The second-order valence-electron chi connectivity index (χ2n) is 9.75. The smallest absolute Gasteiger partial charge is 0.254 e. The van der Waals surface area contributed by atoms with E-state index in [-0.39, 0.29) is 23.9 Å². The molecule has 0 bridgehead atoms. The molecule has 35 heavy (non-hydrogen) atoms. The lowest BCUT2D eigenvalue weighted by Gasteiger charge is -2.47. The van der Waals surface area contributed by atoms with E-state index < -0.39 is 12.0 Å². The topological polar surface area (TPSA) is 72.9 Å². The zero-order chi connectivity index (χ0) is 24.4. The summed E-state index contributed by atoms with van der Waals surface area (Å²) in [4.78, 5) is 29.7. The zero-order valence-corrected chi connectivity index (χ0v) is 20.1. The van der Waals surface area contributed by atoms with Gasteiger partial charge >= 0.3 is 0 Å². The second-order valence-corrected chi connectivity index (χ2v) is 9.75. The number of hydrogen-bond acceptors (Lipinski definition) is 4. The van der Waals surface area contributed by atoms with Crippen molar-refractivity contribution in [2.24, 2.45) is 0 Å². The zero-order valence-electron chi connectivity index (χ0n) is 20.1. The van der Waals surface area contributed by atoms with Crippen LogP contribution in [-0.4, -0.2) is 51.7 Å². The molecule has 2 aromatic rings. The molecule has 6 heteroatoms. The molecule has 1 aliphatic carbocycles. The average molecular weight is 472 g/mol. The minimum Gasteiger partial charge on any atom is -0.355 e. The largest absolute Gasteiger partial charge is 0.355 e. The third kappa shape index (κ3) is 4.50. The van der Waals surface area contributed by atoms with Crippen LogP contribution in [0.25, 0.3) is 0 Å². The van der Waals surface area contributed by atoms with Gasteiger partial charge in [0, 0.05) is 24.4 Å². The summed E-state index contributed by atoms with van der Waals surface area (Å²) >= 11 is 0. The van der Waals surface area contributed by atoms with E-state index in [4.69, 9.17) is 0 Å². The van der Waals surface area contributed by atoms with Crippen LogP contribution in [0.4, 0.5) is 0 Å². The molecule has 0 saturated heterocycles. The summed E-state index contributed by atoms with van der Waals surface area (Å²) in [5.74, 6) is -0.645. The monoisotopic (exact) mass is 471 g/mol.